The summed E-state index contributed by atoms with van der Waals surface area (Å²) in [6.07, 6.45) is 3.15. The van der Waals surface area contributed by atoms with Crippen LogP contribution in [0.4, 0.5) is 5.13 Å². The van der Waals surface area contributed by atoms with Crippen LogP contribution in [0.5, 0.6) is 5.75 Å². The molecule has 1 N–H and O–H groups in total. The monoisotopic (exact) mass is 370 g/mol. The summed E-state index contributed by atoms with van der Waals surface area (Å²) in [6, 6.07) is 8.17. The normalized spacial score (nSPS) is 16.3. The SMILES string of the molecule is CC1CCc2nc(NC(=O)COc3ccc4ccc(=O)oc4c3)sc2C1. The quantitative estimate of drug-likeness (QED) is 0.712. The van der Waals surface area contributed by atoms with Gasteiger partial charge in [0.15, 0.2) is 11.7 Å². The first-order chi connectivity index (χ1) is 12.6. The van der Waals surface area contributed by atoms with Crippen molar-refractivity contribution in [2.24, 2.45) is 5.92 Å². The van der Waals surface area contributed by atoms with Gasteiger partial charge in [-0.15, -0.1) is 11.3 Å². The van der Waals surface area contributed by atoms with Gasteiger partial charge in [-0.3, -0.25) is 10.1 Å². The topological polar surface area (TPSA) is 81.4 Å². The first-order valence-corrected chi connectivity index (χ1v) is 9.33. The highest BCUT2D eigenvalue weighted by Gasteiger charge is 2.20. The van der Waals surface area contributed by atoms with Crippen molar-refractivity contribution in [3.8, 4) is 5.75 Å². The second kappa shape index (κ2) is 6.92. The number of thiazole rings is 1. The number of nitrogens with one attached hydrogen (secondary N) is 1. The number of aromatic nitrogens is 1. The number of nitrogens with zero attached hydrogens (tertiary/aromatic N) is 1. The molecule has 6 nitrogen and oxygen atoms in total. The summed E-state index contributed by atoms with van der Waals surface area (Å²) < 4.78 is 10.6. The van der Waals surface area contributed by atoms with Gasteiger partial charge in [-0.1, -0.05) is 6.92 Å². The second-order valence-corrected chi connectivity index (χ2v) is 7.61. The third kappa shape index (κ3) is 3.62. The molecule has 7 heteroatoms. The first kappa shape index (κ1) is 16.8. The van der Waals surface area contributed by atoms with E-state index in [2.05, 4.69) is 17.2 Å². The van der Waals surface area contributed by atoms with Crippen LogP contribution < -0.4 is 15.7 Å². The van der Waals surface area contributed by atoms with Gasteiger partial charge in [0.2, 0.25) is 0 Å². The smallest absolute Gasteiger partial charge is 0.336 e. The van der Waals surface area contributed by atoms with Gasteiger partial charge < -0.3 is 9.15 Å². The fourth-order valence-electron chi connectivity index (χ4n) is 3.03. The summed E-state index contributed by atoms with van der Waals surface area (Å²) in [7, 11) is 0. The molecule has 26 heavy (non-hydrogen) atoms. The highest BCUT2D eigenvalue weighted by atomic mass is 32.1. The Balaban J connectivity index is 1.39. The van der Waals surface area contributed by atoms with Gasteiger partial charge in [0.1, 0.15) is 11.3 Å². The molecule has 2 aromatic heterocycles. The largest absolute Gasteiger partial charge is 0.484 e. The Bertz CT molecular complexity index is 1020. The maximum Gasteiger partial charge on any atom is 0.336 e. The molecule has 1 amide bonds. The minimum atomic E-state index is -0.422. The lowest BCUT2D eigenvalue weighted by Crippen LogP contribution is -2.20. The van der Waals surface area contributed by atoms with E-state index < -0.39 is 5.63 Å². The Morgan fingerprint density at radius 3 is 3.12 bits per heavy atom. The second-order valence-electron chi connectivity index (χ2n) is 6.53. The Labute approximate surface area is 153 Å². The molecule has 0 spiro atoms. The zero-order chi connectivity index (χ0) is 18.1. The van der Waals surface area contributed by atoms with Gasteiger partial charge in [-0.05, 0) is 43.4 Å². The summed E-state index contributed by atoms with van der Waals surface area (Å²) in [4.78, 5) is 29.2. The van der Waals surface area contributed by atoms with Crippen molar-refractivity contribution >= 4 is 33.3 Å². The average Bonchev–Trinajstić information content (AvgIpc) is 3.00. The number of hydrogen-bond acceptors (Lipinski definition) is 6. The van der Waals surface area contributed by atoms with E-state index in [-0.39, 0.29) is 12.5 Å². The molecule has 0 saturated carbocycles. The van der Waals surface area contributed by atoms with Crippen LogP contribution in [-0.4, -0.2) is 17.5 Å². The van der Waals surface area contributed by atoms with Crippen molar-refractivity contribution in [1.29, 1.82) is 0 Å². The minimum absolute atomic E-state index is 0.136. The van der Waals surface area contributed by atoms with Gasteiger partial charge in [-0.2, -0.15) is 0 Å². The zero-order valence-corrected chi connectivity index (χ0v) is 15.1. The molecular formula is C19H18N2O4S. The van der Waals surface area contributed by atoms with Crippen molar-refractivity contribution in [2.45, 2.75) is 26.2 Å². The third-order valence-corrected chi connectivity index (χ3v) is 5.43. The minimum Gasteiger partial charge on any atom is -0.484 e. The lowest BCUT2D eigenvalue weighted by atomic mass is 9.93. The Morgan fingerprint density at radius 1 is 1.38 bits per heavy atom. The molecule has 1 unspecified atom stereocenters. The van der Waals surface area contributed by atoms with Crippen LogP contribution in [0.3, 0.4) is 0 Å². The highest BCUT2D eigenvalue weighted by Crippen LogP contribution is 2.32. The molecule has 0 saturated heterocycles. The summed E-state index contributed by atoms with van der Waals surface area (Å²) >= 11 is 1.54. The van der Waals surface area contributed by atoms with E-state index in [4.69, 9.17) is 9.15 Å². The molecule has 134 valence electrons. The molecule has 2 heterocycles. The summed E-state index contributed by atoms with van der Waals surface area (Å²) in [5.74, 6) is 0.871. The van der Waals surface area contributed by atoms with Gasteiger partial charge in [-0.25, -0.2) is 9.78 Å². The molecular weight excluding hydrogens is 352 g/mol. The number of aryl methyl sites for hydroxylation is 1. The number of carbonyl (C=O) groups excluding carboxylic acids is 1. The molecule has 0 aliphatic heterocycles. The number of fused-ring (bicyclic) bond motifs is 2. The van der Waals surface area contributed by atoms with Gasteiger partial charge in [0.05, 0.1) is 5.69 Å². The van der Waals surface area contributed by atoms with Crippen molar-refractivity contribution in [3.63, 3.8) is 0 Å². The van der Waals surface area contributed by atoms with E-state index in [1.165, 1.54) is 10.9 Å². The van der Waals surface area contributed by atoms with Gasteiger partial charge in [0.25, 0.3) is 5.91 Å². The Hall–Kier alpha value is -2.67. The van der Waals surface area contributed by atoms with Crippen molar-refractivity contribution in [1.82, 2.24) is 4.98 Å². The van der Waals surface area contributed by atoms with Crippen LogP contribution in [-0.2, 0) is 17.6 Å². The molecule has 1 atom stereocenters. The van der Waals surface area contributed by atoms with E-state index >= 15 is 0 Å². The highest BCUT2D eigenvalue weighted by molar-refractivity contribution is 7.15. The van der Waals surface area contributed by atoms with E-state index in [1.54, 1.807) is 35.6 Å². The standard InChI is InChI=1S/C19H18N2O4S/c1-11-2-6-14-16(8-11)26-19(20-14)21-17(22)10-24-13-5-3-12-4-7-18(23)25-15(12)9-13/h3-5,7,9,11H,2,6,8,10H2,1H3,(H,20,21,22). The number of rotatable bonds is 4. The molecule has 1 aliphatic carbocycles. The van der Waals surface area contributed by atoms with Crippen LogP contribution >= 0.6 is 11.3 Å². The van der Waals surface area contributed by atoms with Crippen LogP contribution in [0.15, 0.2) is 39.5 Å². The van der Waals surface area contributed by atoms with E-state index in [9.17, 15) is 9.59 Å². The van der Waals surface area contributed by atoms with Gasteiger partial charge >= 0.3 is 5.63 Å². The predicted molar refractivity (Wildman–Crippen MR) is 99.9 cm³/mol. The molecule has 0 bridgehead atoms. The zero-order valence-electron chi connectivity index (χ0n) is 14.3. The van der Waals surface area contributed by atoms with Gasteiger partial charge in [0, 0.05) is 22.4 Å². The van der Waals surface area contributed by atoms with Crippen LogP contribution in [0.2, 0.25) is 0 Å². The predicted octanol–water partition coefficient (Wildman–Crippen LogP) is 3.39. The van der Waals surface area contributed by atoms with E-state index in [1.807, 2.05) is 0 Å². The Morgan fingerprint density at radius 2 is 2.23 bits per heavy atom. The maximum atomic E-state index is 12.1. The number of carbonyl (C=O) groups is 1. The lowest BCUT2D eigenvalue weighted by molar-refractivity contribution is -0.118. The number of ether oxygens (including phenoxy) is 1. The van der Waals surface area contributed by atoms with E-state index in [0.717, 1.165) is 30.3 Å². The lowest BCUT2D eigenvalue weighted by Gasteiger charge is -2.15. The fourth-order valence-corrected chi connectivity index (χ4v) is 4.22. The number of benzene rings is 1. The number of anilines is 1. The number of hydrogen-bond donors (Lipinski definition) is 1. The molecule has 1 aromatic carbocycles. The molecule has 1 aliphatic rings. The Kier molecular flexibility index (Phi) is 4.46. The van der Waals surface area contributed by atoms with Crippen molar-refractivity contribution in [2.75, 3.05) is 11.9 Å². The van der Waals surface area contributed by atoms with Crippen molar-refractivity contribution < 1.29 is 13.9 Å². The van der Waals surface area contributed by atoms with Crippen LogP contribution in [0.25, 0.3) is 11.0 Å². The van der Waals surface area contributed by atoms with Crippen molar-refractivity contribution in [3.05, 3.63) is 51.3 Å². The van der Waals surface area contributed by atoms with Crippen LogP contribution in [0.1, 0.15) is 23.9 Å². The summed E-state index contributed by atoms with van der Waals surface area (Å²) in [5.41, 5.74) is 1.11. The van der Waals surface area contributed by atoms with Crippen LogP contribution in [0, 0.1) is 5.92 Å². The third-order valence-electron chi connectivity index (χ3n) is 4.40. The number of amides is 1. The average molecular weight is 370 g/mol. The molecule has 3 aromatic rings. The summed E-state index contributed by atoms with van der Waals surface area (Å²) in [5, 5.41) is 4.22. The first-order valence-electron chi connectivity index (χ1n) is 8.52. The maximum absolute atomic E-state index is 12.1. The fraction of sp³-hybridized carbons (Fsp3) is 0.316. The van der Waals surface area contributed by atoms with E-state index in [0.29, 0.717) is 22.4 Å². The molecule has 0 fully saturated rings. The summed E-state index contributed by atoms with van der Waals surface area (Å²) in [6.45, 7) is 2.10. The molecule has 0 radical (unpaired) electrons. The molecule has 4 rings (SSSR count).